The third-order valence-corrected chi connectivity index (χ3v) is 4.00. The molecule has 5 heteroatoms. The summed E-state index contributed by atoms with van der Waals surface area (Å²) in [6.07, 6.45) is 0. The van der Waals surface area contributed by atoms with Gasteiger partial charge >= 0.3 is 0 Å². The van der Waals surface area contributed by atoms with Gasteiger partial charge in [-0.05, 0) is 31.5 Å². The monoisotopic (exact) mass is 309 g/mol. The summed E-state index contributed by atoms with van der Waals surface area (Å²) >= 11 is 0. The lowest BCUT2D eigenvalue weighted by Gasteiger charge is -2.18. The van der Waals surface area contributed by atoms with Crippen molar-refractivity contribution >= 4 is 11.8 Å². The summed E-state index contributed by atoms with van der Waals surface area (Å²) in [4.78, 5) is 24.4. The molecule has 2 aromatic carbocycles. The number of hydrazine groups is 1. The van der Waals surface area contributed by atoms with Crippen LogP contribution in [0.15, 0.2) is 48.5 Å². The molecule has 0 radical (unpaired) electrons. The molecule has 3 rings (SSSR count). The van der Waals surface area contributed by atoms with E-state index in [-0.39, 0.29) is 17.9 Å². The Hall–Kier alpha value is -2.66. The first-order valence-electron chi connectivity index (χ1n) is 7.54. The summed E-state index contributed by atoms with van der Waals surface area (Å²) in [5, 5.41) is 2.81. The van der Waals surface area contributed by atoms with Crippen LogP contribution in [-0.4, -0.2) is 17.9 Å². The molecular formula is C18H19N3O2. The zero-order chi connectivity index (χ0) is 16.4. The van der Waals surface area contributed by atoms with Crippen LogP contribution >= 0.6 is 0 Å². The zero-order valence-corrected chi connectivity index (χ0v) is 13.1. The van der Waals surface area contributed by atoms with Crippen molar-refractivity contribution < 1.29 is 9.59 Å². The van der Waals surface area contributed by atoms with Crippen LogP contribution in [0.4, 0.5) is 0 Å². The van der Waals surface area contributed by atoms with Crippen LogP contribution in [-0.2, 0) is 4.79 Å². The molecule has 0 saturated carbocycles. The lowest BCUT2D eigenvalue weighted by molar-refractivity contribution is -0.121. The molecule has 1 aliphatic heterocycles. The van der Waals surface area contributed by atoms with Gasteiger partial charge < -0.3 is 5.32 Å². The van der Waals surface area contributed by atoms with Crippen molar-refractivity contribution in [2.24, 2.45) is 0 Å². The first-order chi connectivity index (χ1) is 11.0. The number of nitrogens with one attached hydrogen (secondary N) is 3. The van der Waals surface area contributed by atoms with E-state index in [0.717, 1.165) is 16.7 Å². The molecule has 1 aliphatic rings. The van der Waals surface area contributed by atoms with Crippen molar-refractivity contribution in [1.82, 2.24) is 16.2 Å². The number of benzene rings is 2. The highest BCUT2D eigenvalue weighted by Gasteiger charge is 2.36. The Bertz CT molecular complexity index is 723. The van der Waals surface area contributed by atoms with Crippen LogP contribution in [0, 0.1) is 13.8 Å². The van der Waals surface area contributed by atoms with E-state index in [2.05, 4.69) is 16.2 Å². The Morgan fingerprint density at radius 1 is 0.957 bits per heavy atom. The average molecular weight is 309 g/mol. The lowest BCUT2D eigenvalue weighted by Crippen LogP contribution is -2.42. The quantitative estimate of drug-likeness (QED) is 0.809. The highest BCUT2D eigenvalue weighted by molar-refractivity contribution is 5.98. The minimum Gasteiger partial charge on any atom is -0.338 e. The summed E-state index contributed by atoms with van der Waals surface area (Å²) in [6, 6.07) is 14.2. The number of rotatable bonds is 3. The van der Waals surface area contributed by atoms with Crippen molar-refractivity contribution in [2.75, 3.05) is 0 Å². The fourth-order valence-corrected chi connectivity index (χ4v) is 2.59. The fourth-order valence-electron chi connectivity index (χ4n) is 2.59. The van der Waals surface area contributed by atoms with E-state index in [1.807, 2.05) is 50.2 Å². The first kappa shape index (κ1) is 15.2. The molecule has 1 heterocycles. The van der Waals surface area contributed by atoms with Gasteiger partial charge in [-0.15, -0.1) is 0 Å². The topological polar surface area (TPSA) is 70.2 Å². The second kappa shape index (κ2) is 6.22. The van der Waals surface area contributed by atoms with Crippen molar-refractivity contribution in [3.8, 4) is 0 Å². The van der Waals surface area contributed by atoms with E-state index in [0.29, 0.717) is 5.56 Å². The molecule has 5 nitrogen and oxygen atoms in total. The lowest BCUT2D eigenvalue weighted by atomic mass is 9.99. The predicted octanol–water partition coefficient (Wildman–Crippen LogP) is 1.78. The predicted molar refractivity (Wildman–Crippen MR) is 87.6 cm³/mol. The normalized spacial score (nSPS) is 20.2. The van der Waals surface area contributed by atoms with E-state index >= 15 is 0 Å². The molecule has 2 aromatic rings. The summed E-state index contributed by atoms with van der Waals surface area (Å²) in [7, 11) is 0. The summed E-state index contributed by atoms with van der Waals surface area (Å²) in [5.41, 5.74) is 9.25. The molecule has 0 unspecified atom stereocenters. The summed E-state index contributed by atoms with van der Waals surface area (Å²) < 4.78 is 0. The fraction of sp³-hybridized carbons (Fsp3) is 0.222. The highest BCUT2D eigenvalue weighted by Crippen LogP contribution is 2.21. The minimum absolute atomic E-state index is 0.240. The van der Waals surface area contributed by atoms with Gasteiger partial charge in [-0.1, -0.05) is 47.5 Å². The molecular weight excluding hydrogens is 290 g/mol. The largest absolute Gasteiger partial charge is 0.338 e. The molecule has 118 valence electrons. The van der Waals surface area contributed by atoms with Gasteiger partial charge in [0.25, 0.3) is 11.8 Å². The van der Waals surface area contributed by atoms with E-state index < -0.39 is 6.04 Å². The maximum Gasteiger partial charge on any atom is 0.258 e. The van der Waals surface area contributed by atoms with Crippen LogP contribution in [0.25, 0.3) is 0 Å². The molecule has 23 heavy (non-hydrogen) atoms. The number of hydrogen-bond acceptors (Lipinski definition) is 3. The van der Waals surface area contributed by atoms with Crippen molar-refractivity contribution in [3.63, 3.8) is 0 Å². The van der Waals surface area contributed by atoms with Gasteiger partial charge in [0.2, 0.25) is 0 Å². The van der Waals surface area contributed by atoms with Gasteiger partial charge in [0.1, 0.15) is 6.04 Å². The van der Waals surface area contributed by atoms with E-state index in [1.54, 1.807) is 12.1 Å². The van der Waals surface area contributed by atoms with Crippen LogP contribution in [0.2, 0.25) is 0 Å². The van der Waals surface area contributed by atoms with Crippen LogP contribution in [0.3, 0.4) is 0 Å². The molecule has 0 spiro atoms. The molecule has 1 saturated heterocycles. The number of aryl methyl sites for hydroxylation is 2. The smallest absolute Gasteiger partial charge is 0.258 e. The van der Waals surface area contributed by atoms with Gasteiger partial charge in [-0.3, -0.25) is 15.0 Å². The SMILES string of the molecule is Cc1ccc(C(=O)N[C@@H]2C(=O)NN[C@H]2c2ccc(C)cc2)cc1. The Balaban J connectivity index is 1.78. The molecule has 2 atom stereocenters. The van der Waals surface area contributed by atoms with E-state index in [1.165, 1.54) is 0 Å². The third-order valence-electron chi connectivity index (χ3n) is 4.00. The Morgan fingerprint density at radius 2 is 1.52 bits per heavy atom. The first-order valence-corrected chi connectivity index (χ1v) is 7.54. The van der Waals surface area contributed by atoms with Crippen molar-refractivity contribution in [2.45, 2.75) is 25.9 Å². The van der Waals surface area contributed by atoms with Gasteiger partial charge in [0, 0.05) is 5.56 Å². The Kier molecular flexibility index (Phi) is 4.12. The Morgan fingerprint density at radius 3 is 2.13 bits per heavy atom. The molecule has 3 N–H and O–H groups in total. The van der Waals surface area contributed by atoms with Crippen molar-refractivity contribution in [1.29, 1.82) is 0 Å². The van der Waals surface area contributed by atoms with Gasteiger partial charge in [-0.2, -0.15) is 0 Å². The standard InChI is InChI=1S/C18H19N3O2/c1-11-3-7-13(8-4-11)15-16(18(23)21-20-15)19-17(22)14-9-5-12(2)6-10-14/h3-10,15-16,20H,1-2H3,(H,19,22)(H,21,23)/t15-,16-/m0/s1. The maximum atomic E-state index is 12.4. The number of hydrogen-bond donors (Lipinski definition) is 3. The highest BCUT2D eigenvalue weighted by atomic mass is 16.2. The summed E-state index contributed by atoms with van der Waals surface area (Å²) in [5.74, 6) is -0.498. The Labute approximate surface area is 135 Å². The van der Waals surface area contributed by atoms with E-state index in [9.17, 15) is 9.59 Å². The second-order valence-corrected chi connectivity index (χ2v) is 5.84. The number of carbonyl (C=O) groups is 2. The van der Waals surface area contributed by atoms with Crippen LogP contribution in [0.1, 0.15) is 33.1 Å². The minimum atomic E-state index is -0.647. The third kappa shape index (κ3) is 3.24. The van der Waals surface area contributed by atoms with Gasteiger partial charge in [-0.25, -0.2) is 5.43 Å². The number of amides is 2. The second-order valence-electron chi connectivity index (χ2n) is 5.84. The summed E-state index contributed by atoms with van der Waals surface area (Å²) in [6.45, 7) is 3.97. The zero-order valence-electron chi connectivity index (χ0n) is 13.1. The molecule has 0 aromatic heterocycles. The molecule has 0 aliphatic carbocycles. The molecule has 0 bridgehead atoms. The molecule has 2 amide bonds. The number of carbonyl (C=O) groups excluding carboxylic acids is 2. The van der Waals surface area contributed by atoms with Gasteiger partial charge in [0.05, 0.1) is 6.04 Å². The molecule has 1 fully saturated rings. The van der Waals surface area contributed by atoms with Gasteiger partial charge in [0.15, 0.2) is 0 Å². The van der Waals surface area contributed by atoms with Crippen molar-refractivity contribution in [3.05, 3.63) is 70.8 Å². The van der Waals surface area contributed by atoms with Crippen LogP contribution in [0.5, 0.6) is 0 Å². The average Bonchev–Trinajstić information content (AvgIpc) is 2.90. The maximum absolute atomic E-state index is 12.4. The van der Waals surface area contributed by atoms with Crippen LogP contribution < -0.4 is 16.2 Å². The van der Waals surface area contributed by atoms with E-state index in [4.69, 9.17) is 0 Å².